The molecule has 1 aliphatic rings. The number of piperidine rings is 1. The highest BCUT2D eigenvalue weighted by molar-refractivity contribution is 5.80. The fraction of sp³-hybridized carbons (Fsp3) is 0.875. The first-order valence-corrected chi connectivity index (χ1v) is 4.59. The zero-order valence-electron chi connectivity index (χ0n) is 7.58. The third-order valence-corrected chi connectivity index (χ3v) is 2.06. The zero-order chi connectivity index (χ0) is 8.81. The summed E-state index contributed by atoms with van der Waals surface area (Å²) in [5, 5.41) is 14.9. The molecule has 4 heteroatoms. The van der Waals surface area contributed by atoms with Crippen molar-refractivity contribution in [3.63, 3.8) is 0 Å². The minimum Gasteiger partial charge on any atom is -0.295 e. The second-order valence-electron chi connectivity index (χ2n) is 3.03. The molecule has 0 amide bonds. The van der Waals surface area contributed by atoms with Crippen molar-refractivity contribution >= 4 is 5.84 Å². The summed E-state index contributed by atoms with van der Waals surface area (Å²) in [7, 11) is 0. The molecular weight excluding hydrogens is 154 g/mol. The number of hydrogen-bond acceptors (Lipinski definition) is 3. The lowest BCUT2D eigenvalue weighted by Crippen LogP contribution is -2.29. The van der Waals surface area contributed by atoms with Gasteiger partial charge in [0.1, 0.15) is 5.84 Å². The van der Waals surface area contributed by atoms with Crippen LogP contribution in [0.25, 0.3) is 0 Å². The summed E-state index contributed by atoms with van der Waals surface area (Å²) in [6.45, 7) is 4.00. The van der Waals surface area contributed by atoms with Crippen LogP contribution in [0.3, 0.4) is 0 Å². The highest BCUT2D eigenvalue weighted by Gasteiger charge is 2.07. The lowest BCUT2D eigenvalue weighted by atomic mass is 10.2. The Balaban J connectivity index is 2.39. The summed E-state index contributed by atoms with van der Waals surface area (Å²) in [4.78, 5) is 0. The molecule has 2 N–H and O–H groups in total. The summed E-state index contributed by atoms with van der Waals surface area (Å²) in [6, 6.07) is 0. The maximum atomic E-state index is 8.65. The molecule has 0 saturated carbocycles. The molecule has 1 fully saturated rings. The van der Waals surface area contributed by atoms with Crippen molar-refractivity contribution in [1.29, 1.82) is 0 Å². The van der Waals surface area contributed by atoms with Crippen molar-refractivity contribution in [3.05, 3.63) is 0 Å². The van der Waals surface area contributed by atoms with Crippen molar-refractivity contribution in [2.75, 3.05) is 13.1 Å². The van der Waals surface area contributed by atoms with Gasteiger partial charge in [0.2, 0.25) is 0 Å². The first kappa shape index (κ1) is 9.32. The standard InChI is InChI=1S/C8H17N3O/c1-2-8(10-12)9-11-6-4-3-5-7-11/h12H,2-7H2,1H3,(H,9,10). The number of rotatable bonds is 2. The quantitative estimate of drug-likeness (QED) is 0.372. The van der Waals surface area contributed by atoms with Gasteiger partial charge in [-0.15, -0.1) is 0 Å². The van der Waals surface area contributed by atoms with Crippen LogP contribution in [0.5, 0.6) is 0 Å². The zero-order valence-corrected chi connectivity index (χ0v) is 7.58. The normalized spacial score (nSPS) is 19.5. The number of nitrogens with zero attached hydrogens (tertiary/aromatic N) is 2. The van der Waals surface area contributed by atoms with Gasteiger partial charge in [-0.05, 0) is 19.3 Å². The van der Waals surface area contributed by atoms with Gasteiger partial charge in [-0.2, -0.15) is 5.10 Å². The van der Waals surface area contributed by atoms with Gasteiger partial charge in [0.15, 0.2) is 0 Å². The molecule has 70 valence electrons. The van der Waals surface area contributed by atoms with Crippen molar-refractivity contribution in [1.82, 2.24) is 10.5 Å². The molecule has 0 bridgehead atoms. The molecular formula is C8H17N3O. The minimum atomic E-state index is 0.650. The number of hydroxylamine groups is 1. The number of hydrazone groups is 1. The Morgan fingerprint density at radius 2 is 2.08 bits per heavy atom. The van der Waals surface area contributed by atoms with E-state index in [1.165, 1.54) is 19.3 Å². The Bertz CT molecular complexity index is 146. The smallest absolute Gasteiger partial charge is 0.145 e. The summed E-state index contributed by atoms with van der Waals surface area (Å²) in [5.74, 6) is 0.650. The van der Waals surface area contributed by atoms with Crippen LogP contribution >= 0.6 is 0 Å². The number of hydrogen-bond donors (Lipinski definition) is 2. The van der Waals surface area contributed by atoms with E-state index in [-0.39, 0.29) is 0 Å². The van der Waals surface area contributed by atoms with Crippen LogP contribution in [0.1, 0.15) is 32.6 Å². The van der Waals surface area contributed by atoms with Crippen molar-refractivity contribution < 1.29 is 5.21 Å². The average molecular weight is 171 g/mol. The molecule has 0 aromatic heterocycles. The van der Waals surface area contributed by atoms with Gasteiger partial charge in [-0.25, -0.2) is 0 Å². The highest BCUT2D eigenvalue weighted by Crippen LogP contribution is 2.08. The van der Waals surface area contributed by atoms with Crippen LogP contribution in [-0.2, 0) is 0 Å². The molecule has 4 nitrogen and oxygen atoms in total. The number of amidine groups is 1. The van der Waals surface area contributed by atoms with Gasteiger partial charge in [-0.1, -0.05) is 6.92 Å². The predicted molar refractivity (Wildman–Crippen MR) is 48.1 cm³/mol. The van der Waals surface area contributed by atoms with Crippen LogP contribution < -0.4 is 5.48 Å². The monoisotopic (exact) mass is 171 g/mol. The number of nitrogens with one attached hydrogen (secondary N) is 1. The second kappa shape index (κ2) is 4.98. The molecule has 0 aliphatic carbocycles. The van der Waals surface area contributed by atoms with E-state index in [0.29, 0.717) is 5.84 Å². The molecule has 1 heterocycles. The van der Waals surface area contributed by atoms with Gasteiger partial charge in [0.05, 0.1) is 0 Å². The lowest BCUT2D eigenvalue weighted by molar-refractivity contribution is 0.209. The van der Waals surface area contributed by atoms with Crippen LogP contribution in [0.4, 0.5) is 0 Å². The van der Waals surface area contributed by atoms with Crippen molar-refractivity contribution in [2.24, 2.45) is 5.10 Å². The van der Waals surface area contributed by atoms with Crippen molar-refractivity contribution in [2.45, 2.75) is 32.6 Å². The maximum absolute atomic E-state index is 8.65. The van der Waals surface area contributed by atoms with E-state index in [4.69, 9.17) is 5.21 Å². The fourth-order valence-corrected chi connectivity index (χ4v) is 1.32. The molecule has 0 unspecified atom stereocenters. The molecule has 0 spiro atoms. The van der Waals surface area contributed by atoms with E-state index in [1.807, 2.05) is 11.9 Å². The minimum absolute atomic E-state index is 0.650. The Labute approximate surface area is 73.2 Å². The van der Waals surface area contributed by atoms with E-state index in [9.17, 15) is 0 Å². The molecule has 0 atom stereocenters. The second-order valence-corrected chi connectivity index (χ2v) is 3.03. The summed E-state index contributed by atoms with van der Waals surface area (Å²) in [5.41, 5.74) is 2.11. The summed E-state index contributed by atoms with van der Waals surface area (Å²) < 4.78 is 0. The first-order valence-electron chi connectivity index (χ1n) is 4.59. The van der Waals surface area contributed by atoms with Gasteiger partial charge in [0.25, 0.3) is 0 Å². The Morgan fingerprint density at radius 3 is 2.58 bits per heavy atom. The topological polar surface area (TPSA) is 47.9 Å². The van der Waals surface area contributed by atoms with Crippen molar-refractivity contribution in [3.8, 4) is 0 Å². The van der Waals surface area contributed by atoms with Gasteiger partial charge < -0.3 is 0 Å². The Hall–Kier alpha value is -0.770. The van der Waals surface area contributed by atoms with Crippen LogP contribution in [0.15, 0.2) is 5.10 Å². The fourth-order valence-electron chi connectivity index (χ4n) is 1.32. The molecule has 0 radical (unpaired) electrons. The molecule has 1 saturated heterocycles. The summed E-state index contributed by atoms with van der Waals surface area (Å²) >= 11 is 0. The Morgan fingerprint density at radius 1 is 1.42 bits per heavy atom. The third-order valence-electron chi connectivity index (χ3n) is 2.06. The van der Waals surface area contributed by atoms with Gasteiger partial charge in [-0.3, -0.25) is 15.7 Å². The summed E-state index contributed by atoms with van der Waals surface area (Å²) in [6.07, 6.45) is 4.48. The van der Waals surface area contributed by atoms with Crippen LogP contribution in [0.2, 0.25) is 0 Å². The molecule has 1 aliphatic heterocycles. The van der Waals surface area contributed by atoms with Gasteiger partial charge in [0, 0.05) is 19.5 Å². The predicted octanol–water partition coefficient (Wildman–Crippen LogP) is 1.17. The maximum Gasteiger partial charge on any atom is 0.145 e. The average Bonchev–Trinajstić information content (AvgIpc) is 2.16. The molecule has 12 heavy (non-hydrogen) atoms. The molecule has 0 aromatic rings. The largest absolute Gasteiger partial charge is 0.295 e. The van der Waals surface area contributed by atoms with E-state index in [0.717, 1.165) is 19.5 Å². The molecule has 0 aromatic carbocycles. The Kier molecular flexibility index (Phi) is 3.87. The van der Waals surface area contributed by atoms with Crippen LogP contribution in [-0.4, -0.2) is 29.1 Å². The van der Waals surface area contributed by atoms with E-state index < -0.39 is 0 Å². The lowest BCUT2D eigenvalue weighted by Gasteiger charge is -2.24. The van der Waals surface area contributed by atoms with E-state index >= 15 is 0 Å². The van der Waals surface area contributed by atoms with Crippen LogP contribution in [0, 0.1) is 0 Å². The molecule has 1 rings (SSSR count). The van der Waals surface area contributed by atoms with Gasteiger partial charge >= 0.3 is 0 Å². The first-order chi connectivity index (χ1) is 5.86. The van der Waals surface area contributed by atoms with E-state index in [1.54, 1.807) is 0 Å². The van der Waals surface area contributed by atoms with E-state index in [2.05, 4.69) is 10.6 Å². The third kappa shape index (κ3) is 2.70. The SMILES string of the molecule is CC/C(=N/N1CCCCC1)NO. The highest BCUT2D eigenvalue weighted by atomic mass is 16.5.